The zero-order valence-corrected chi connectivity index (χ0v) is 21.2. The molecule has 1 saturated heterocycles. The SMILES string of the molecule is CCN(CC)C(=O)Cn1cc(/C=C2\SC(=O)N(Cc3ccccc3F)C2=O)c2cc(Br)ccc21. The van der Waals surface area contributed by atoms with Gasteiger partial charge in [-0.3, -0.25) is 19.3 Å². The molecule has 9 heteroatoms. The summed E-state index contributed by atoms with van der Waals surface area (Å²) in [6.07, 6.45) is 3.49. The highest BCUT2D eigenvalue weighted by molar-refractivity contribution is 9.10. The normalized spacial score (nSPS) is 15.1. The van der Waals surface area contributed by atoms with Gasteiger partial charge in [-0.15, -0.1) is 0 Å². The Hall–Kier alpha value is -2.91. The number of halogens is 2. The van der Waals surface area contributed by atoms with Crippen LogP contribution in [0.2, 0.25) is 0 Å². The van der Waals surface area contributed by atoms with E-state index in [1.54, 1.807) is 29.2 Å². The molecule has 0 saturated carbocycles. The first-order valence-electron chi connectivity index (χ1n) is 10.9. The third kappa shape index (κ3) is 4.81. The highest BCUT2D eigenvalue weighted by atomic mass is 79.9. The Kier molecular flexibility index (Phi) is 7.23. The van der Waals surface area contributed by atoms with Crippen molar-refractivity contribution in [3.63, 3.8) is 0 Å². The van der Waals surface area contributed by atoms with E-state index in [0.29, 0.717) is 13.1 Å². The van der Waals surface area contributed by atoms with E-state index in [9.17, 15) is 18.8 Å². The molecule has 0 radical (unpaired) electrons. The van der Waals surface area contributed by atoms with Crippen molar-refractivity contribution in [1.29, 1.82) is 0 Å². The van der Waals surface area contributed by atoms with E-state index in [0.717, 1.165) is 37.6 Å². The summed E-state index contributed by atoms with van der Waals surface area (Å²) in [5, 5.41) is 0.406. The Labute approximate surface area is 209 Å². The second-order valence-corrected chi connectivity index (χ2v) is 9.71. The molecule has 176 valence electrons. The van der Waals surface area contributed by atoms with Crippen LogP contribution in [0.5, 0.6) is 0 Å². The maximum Gasteiger partial charge on any atom is 0.293 e. The molecule has 1 fully saturated rings. The molecule has 4 rings (SSSR count). The van der Waals surface area contributed by atoms with Crippen molar-refractivity contribution in [1.82, 2.24) is 14.4 Å². The van der Waals surface area contributed by atoms with E-state index >= 15 is 0 Å². The van der Waals surface area contributed by atoms with Crippen molar-refractivity contribution in [3.8, 4) is 0 Å². The number of likely N-dealkylation sites (N-methyl/N-ethyl adjacent to an activating group) is 1. The molecule has 3 amide bonds. The Bertz CT molecular complexity index is 1320. The first-order chi connectivity index (χ1) is 16.3. The molecule has 3 aromatic rings. The van der Waals surface area contributed by atoms with Gasteiger partial charge in [-0.25, -0.2) is 4.39 Å². The average molecular weight is 544 g/mol. The zero-order valence-electron chi connectivity index (χ0n) is 18.8. The predicted molar refractivity (Wildman–Crippen MR) is 135 cm³/mol. The highest BCUT2D eigenvalue weighted by Gasteiger charge is 2.35. The van der Waals surface area contributed by atoms with Gasteiger partial charge in [0, 0.05) is 45.8 Å². The lowest BCUT2D eigenvalue weighted by molar-refractivity contribution is -0.131. The number of carbonyl (C=O) groups is 3. The second-order valence-electron chi connectivity index (χ2n) is 7.80. The van der Waals surface area contributed by atoms with Gasteiger partial charge in [-0.2, -0.15) is 0 Å². The van der Waals surface area contributed by atoms with E-state index in [1.165, 1.54) is 6.07 Å². The summed E-state index contributed by atoms with van der Waals surface area (Å²) >= 11 is 4.31. The van der Waals surface area contributed by atoms with Gasteiger partial charge in [0.15, 0.2) is 0 Å². The largest absolute Gasteiger partial charge is 0.342 e. The molecule has 1 aromatic heterocycles. The van der Waals surface area contributed by atoms with Gasteiger partial charge in [-0.1, -0.05) is 34.1 Å². The van der Waals surface area contributed by atoms with Gasteiger partial charge >= 0.3 is 0 Å². The smallest absolute Gasteiger partial charge is 0.293 e. The summed E-state index contributed by atoms with van der Waals surface area (Å²) in [5.41, 5.74) is 1.85. The van der Waals surface area contributed by atoms with Gasteiger partial charge < -0.3 is 9.47 Å². The predicted octanol–water partition coefficient (Wildman–Crippen LogP) is 5.65. The molecule has 0 bridgehead atoms. The Morgan fingerprint density at radius 3 is 2.59 bits per heavy atom. The van der Waals surface area contributed by atoms with Crippen molar-refractivity contribution in [2.24, 2.45) is 0 Å². The summed E-state index contributed by atoms with van der Waals surface area (Å²) in [7, 11) is 0. The Balaban J connectivity index is 1.67. The van der Waals surface area contributed by atoms with Crippen molar-refractivity contribution in [3.05, 3.63) is 75.0 Å². The van der Waals surface area contributed by atoms with E-state index in [2.05, 4.69) is 15.9 Å². The number of fused-ring (bicyclic) bond motifs is 1. The molecule has 0 N–H and O–H groups in total. The van der Waals surface area contributed by atoms with Crippen molar-refractivity contribution >= 4 is 61.7 Å². The summed E-state index contributed by atoms with van der Waals surface area (Å²) in [5.74, 6) is -0.925. The number of carbonyl (C=O) groups excluding carboxylic acids is 3. The summed E-state index contributed by atoms with van der Waals surface area (Å²) in [4.78, 5) is 41.3. The van der Waals surface area contributed by atoms with Crippen molar-refractivity contribution in [2.45, 2.75) is 26.9 Å². The van der Waals surface area contributed by atoms with E-state index in [-0.39, 0.29) is 29.5 Å². The third-order valence-corrected chi connectivity index (χ3v) is 7.14. The summed E-state index contributed by atoms with van der Waals surface area (Å²) in [6, 6.07) is 11.8. The lowest BCUT2D eigenvalue weighted by atomic mass is 10.1. The zero-order chi connectivity index (χ0) is 24.4. The number of hydrogen-bond donors (Lipinski definition) is 0. The number of amides is 3. The van der Waals surface area contributed by atoms with E-state index in [4.69, 9.17) is 0 Å². The maximum atomic E-state index is 14.1. The summed E-state index contributed by atoms with van der Waals surface area (Å²) < 4.78 is 16.8. The van der Waals surface area contributed by atoms with Crippen LogP contribution in [-0.2, 0) is 22.7 Å². The highest BCUT2D eigenvalue weighted by Crippen LogP contribution is 2.35. The molecular weight excluding hydrogens is 521 g/mol. The molecule has 0 atom stereocenters. The van der Waals surface area contributed by atoms with Crippen LogP contribution in [0.25, 0.3) is 17.0 Å². The number of rotatable bonds is 7. The quantitative estimate of drug-likeness (QED) is 0.361. The minimum Gasteiger partial charge on any atom is -0.342 e. The standard InChI is InChI=1S/C25H23BrFN3O3S/c1-3-28(4-2)23(31)15-29-13-17(19-12-18(26)9-10-21(19)29)11-22-24(32)30(25(33)34-22)14-16-7-5-6-8-20(16)27/h5-13H,3-4,14-15H2,1-2H3/b22-11-. The fraction of sp³-hybridized carbons (Fsp3) is 0.240. The lowest BCUT2D eigenvalue weighted by Crippen LogP contribution is -2.33. The van der Waals surface area contributed by atoms with Crippen LogP contribution in [0, 0.1) is 5.82 Å². The minimum absolute atomic E-state index is 0.00146. The average Bonchev–Trinajstić information content (AvgIpc) is 3.27. The Morgan fingerprint density at radius 1 is 1.15 bits per heavy atom. The number of aromatic nitrogens is 1. The fourth-order valence-corrected chi connectivity index (χ4v) is 5.13. The number of nitrogens with zero attached hydrogens (tertiary/aromatic N) is 3. The van der Waals surface area contributed by atoms with Gasteiger partial charge in [-0.05, 0) is 56.0 Å². The molecule has 0 aliphatic carbocycles. The molecular formula is C25H23BrFN3O3S. The van der Waals surface area contributed by atoms with Crippen LogP contribution in [0.1, 0.15) is 25.0 Å². The van der Waals surface area contributed by atoms with Crippen molar-refractivity contribution < 1.29 is 18.8 Å². The van der Waals surface area contributed by atoms with Gasteiger partial charge in [0.05, 0.1) is 11.4 Å². The topological polar surface area (TPSA) is 62.6 Å². The van der Waals surface area contributed by atoms with E-state index in [1.807, 2.05) is 42.8 Å². The molecule has 2 heterocycles. The molecule has 6 nitrogen and oxygen atoms in total. The molecule has 1 aliphatic heterocycles. The van der Waals surface area contributed by atoms with Crippen LogP contribution >= 0.6 is 27.7 Å². The number of hydrogen-bond acceptors (Lipinski definition) is 4. The van der Waals surface area contributed by atoms with Crippen LogP contribution in [-0.4, -0.2) is 44.5 Å². The monoisotopic (exact) mass is 543 g/mol. The van der Waals surface area contributed by atoms with Crippen LogP contribution in [0.15, 0.2) is 58.0 Å². The molecule has 2 aromatic carbocycles. The molecule has 0 spiro atoms. The van der Waals surface area contributed by atoms with Crippen LogP contribution in [0.4, 0.5) is 9.18 Å². The number of thioether (sulfide) groups is 1. The summed E-state index contributed by atoms with van der Waals surface area (Å²) in [6.45, 7) is 5.18. The Morgan fingerprint density at radius 2 is 1.88 bits per heavy atom. The first-order valence-corrected chi connectivity index (χ1v) is 12.5. The lowest BCUT2D eigenvalue weighted by Gasteiger charge is -2.19. The van der Waals surface area contributed by atoms with E-state index < -0.39 is 17.0 Å². The van der Waals surface area contributed by atoms with Crippen molar-refractivity contribution in [2.75, 3.05) is 13.1 Å². The fourth-order valence-electron chi connectivity index (χ4n) is 3.94. The molecule has 1 aliphatic rings. The molecule has 0 unspecified atom stereocenters. The number of imide groups is 1. The third-order valence-electron chi connectivity index (χ3n) is 5.74. The van der Waals surface area contributed by atoms with Crippen LogP contribution in [0.3, 0.4) is 0 Å². The van der Waals surface area contributed by atoms with Gasteiger partial charge in [0.25, 0.3) is 11.1 Å². The number of benzene rings is 2. The molecule has 34 heavy (non-hydrogen) atoms. The first kappa shape index (κ1) is 24.2. The van der Waals surface area contributed by atoms with Crippen LogP contribution < -0.4 is 0 Å². The van der Waals surface area contributed by atoms with Gasteiger partial charge in [0.1, 0.15) is 12.4 Å². The van der Waals surface area contributed by atoms with Gasteiger partial charge in [0.2, 0.25) is 5.91 Å². The second kappa shape index (κ2) is 10.1. The minimum atomic E-state index is -0.464. The maximum absolute atomic E-state index is 14.1.